The lowest BCUT2D eigenvalue weighted by Crippen LogP contribution is -2.43. The molecule has 0 aromatic heterocycles. The number of benzene rings is 1. The SMILES string of the molecule is O=C(O)CC1(CNC(=O)c2ccc(O)cc2F)CCC1. The van der Waals surface area contributed by atoms with Gasteiger partial charge >= 0.3 is 5.97 Å². The van der Waals surface area contributed by atoms with Gasteiger partial charge in [0.05, 0.1) is 12.0 Å². The molecule has 0 heterocycles. The molecule has 5 nitrogen and oxygen atoms in total. The summed E-state index contributed by atoms with van der Waals surface area (Å²) < 4.78 is 13.5. The molecule has 3 N–H and O–H groups in total. The van der Waals surface area contributed by atoms with E-state index in [1.54, 1.807) is 0 Å². The normalized spacial score (nSPS) is 16.2. The number of hydrogen-bond acceptors (Lipinski definition) is 3. The summed E-state index contributed by atoms with van der Waals surface area (Å²) in [7, 11) is 0. The van der Waals surface area contributed by atoms with E-state index in [0.29, 0.717) is 0 Å². The van der Waals surface area contributed by atoms with Crippen LogP contribution in [0.1, 0.15) is 36.0 Å². The monoisotopic (exact) mass is 281 g/mol. The second kappa shape index (κ2) is 5.48. The molecule has 1 aliphatic rings. The lowest BCUT2D eigenvalue weighted by atomic mass is 9.66. The molecule has 0 spiro atoms. The molecule has 20 heavy (non-hydrogen) atoms. The average Bonchev–Trinajstić information content (AvgIpc) is 2.31. The molecular formula is C14H16FNO4. The minimum atomic E-state index is -0.894. The molecule has 1 saturated carbocycles. The Balaban J connectivity index is 1.99. The molecule has 0 atom stereocenters. The first kappa shape index (κ1) is 14.3. The van der Waals surface area contributed by atoms with Gasteiger partial charge in [0.2, 0.25) is 0 Å². The highest BCUT2D eigenvalue weighted by Crippen LogP contribution is 2.43. The number of phenols is 1. The standard InChI is InChI=1S/C14H16FNO4/c15-11-6-9(17)2-3-10(11)13(20)16-8-14(4-1-5-14)7-12(18)19/h2-3,6,17H,1,4-5,7-8H2,(H,16,20)(H,18,19). The topological polar surface area (TPSA) is 86.6 Å². The highest BCUT2D eigenvalue weighted by atomic mass is 19.1. The number of halogens is 1. The van der Waals surface area contributed by atoms with Crippen LogP contribution in [-0.2, 0) is 4.79 Å². The zero-order valence-corrected chi connectivity index (χ0v) is 10.9. The zero-order valence-electron chi connectivity index (χ0n) is 10.9. The number of nitrogens with one attached hydrogen (secondary N) is 1. The molecule has 1 fully saturated rings. The van der Waals surface area contributed by atoms with E-state index in [0.717, 1.165) is 25.3 Å². The van der Waals surface area contributed by atoms with Crippen molar-refractivity contribution < 1.29 is 24.2 Å². The Morgan fingerprint density at radius 2 is 2.05 bits per heavy atom. The number of aromatic hydroxyl groups is 1. The number of amides is 1. The summed E-state index contributed by atoms with van der Waals surface area (Å²) in [5.41, 5.74) is -0.567. The fourth-order valence-electron chi connectivity index (χ4n) is 2.46. The molecule has 0 saturated heterocycles. The van der Waals surface area contributed by atoms with Gasteiger partial charge in [0.15, 0.2) is 0 Å². The van der Waals surface area contributed by atoms with Crippen LogP contribution in [0, 0.1) is 11.2 Å². The van der Waals surface area contributed by atoms with Crippen LogP contribution in [0.25, 0.3) is 0 Å². The van der Waals surface area contributed by atoms with Gasteiger partial charge in [-0.1, -0.05) is 6.42 Å². The van der Waals surface area contributed by atoms with Crippen molar-refractivity contribution in [3.8, 4) is 5.75 Å². The Bertz CT molecular complexity index is 540. The molecule has 6 heteroatoms. The van der Waals surface area contributed by atoms with E-state index in [9.17, 15) is 14.0 Å². The Morgan fingerprint density at radius 1 is 1.35 bits per heavy atom. The van der Waals surface area contributed by atoms with E-state index >= 15 is 0 Å². The molecular weight excluding hydrogens is 265 g/mol. The third kappa shape index (κ3) is 3.07. The van der Waals surface area contributed by atoms with Gasteiger partial charge < -0.3 is 15.5 Å². The summed E-state index contributed by atoms with van der Waals surface area (Å²) in [6.07, 6.45) is 2.44. The number of hydrogen-bond donors (Lipinski definition) is 3. The molecule has 0 aliphatic heterocycles. The number of aliphatic carboxylic acids is 1. The van der Waals surface area contributed by atoms with Crippen molar-refractivity contribution in [2.75, 3.05) is 6.54 Å². The van der Waals surface area contributed by atoms with Gasteiger partial charge in [-0.3, -0.25) is 9.59 Å². The van der Waals surface area contributed by atoms with Crippen LogP contribution in [0.15, 0.2) is 18.2 Å². The smallest absolute Gasteiger partial charge is 0.303 e. The van der Waals surface area contributed by atoms with E-state index in [1.165, 1.54) is 12.1 Å². The summed E-state index contributed by atoms with van der Waals surface area (Å²) in [5.74, 6) is -2.54. The minimum absolute atomic E-state index is 0.00530. The molecule has 2 rings (SSSR count). The van der Waals surface area contributed by atoms with Crippen molar-refractivity contribution in [2.45, 2.75) is 25.7 Å². The molecule has 108 valence electrons. The lowest BCUT2D eigenvalue weighted by molar-refractivity contribution is -0.141. The quantitative estimate of drug-likeness (QED) is 0.769. The van der Waals surface area contributed by atoms with E-state index in [2.05, 4.69) is 5.32 Å². The second-order valence-corrected chi connectivity index (χ2v) is 5.27. The summed E-state index contributed by atoms with van der Waals surface area (Å²) in [6, 6.07) is 3.30. The first-order valence-electron chi connectivity index (χ1n) is 6.40. The maximum Gasteiger partial charge on any atom is 0.303 e. The fraction of sp³-hybridized carbons (Fsp3) is 0.429. The summed E-state index contributed by atoms with van der Waals surface area (Å²) in [4.78, 5) is 22.7. The number of carboxylic acid groups (broad SMARTS) is 1. The van der Waals surface area contributed by atoms with Crippen molar-refractivity contribution in [2.24, 2.45) is 5.41 Å². The van der Waals surface area contributed by atoms with Crippen molar-refractivity contribution in [3.05, 3.63) is 29.6 Å². The van der Waals surface area contributed by atoms with Gasteiger partial charge in [0.1, 0.15) is 11.6 Å². The summed E-state index contributed by atoms with van der Waals surface area (Å²) >= 11 is 0. The van der Waals surface area contributed by atoms with Gasteiger partial charge in [0.25, 0.3) is 5.91 Å². The number of phenolic OH excluding ortho intramolecular Hbond substituents is 1. The third-order valence-corrected chi connectivity index (χ3v) is 3.76. The second-order valence-electron chi connectivity index (χ2n) is 5.27. The van der Waals surface area contributed by atoms with Crippen molar-refractivity contribution in [3.63, 3.8) is 0 Å². The predicted molar refractivity (Wildman–Crippen MR) is 68.9 cm³/mol. The number of carboxylic acids is 1. The average molecular weight is 281 g/mol. The summed E-state index contributed by atoms with van der Waals surface area (Å²) in [5, 5.41) is 20.5. The van der Waals surface area contributed by atoms with Gasteiger partial charge in [-0.25, -0.2) is 4.39 Å². The molecule has 1 amide bonds. The Hall–Kier alpha value is -2.11. The maximum atomic E-state index is 13.5. The molecule has 0 bridgehead atoms. The molecule has 1 aliphatic carbocycles. The Labute approximate surface area is 115 Å². The lowest BCUT2D eigenvalue weighted by Gasteiger charge is -2.40. The van der Waals surface area contributed by atoms with Crippen LogP contribution >= 0.6 is 0 Å². The largest absolute Gasteiger partial charge is 0.508 e. The van der Waals surface area contributed by atoms with E-state index in [-0.39, 0.29) is 24.3 Å². The van der Waals surface area contributed by atoms with E-state index in [4.69, 9.17) is 10.2 Å². The Kier molecular flexibility index (Phi) is 3.92. The fourth-order valence-corrected chi connectivity index (χ4v) is 2.46. The number of carbonyl (C=O) groups excluding carboxylic acids is 1. The van der Waals surface area contributed by atoms with Crippen LogP contribution in [0.5, 0.6) is 5.75 Å². The Morgan fingerprint density at radius 3 is 2.55 bits per heavy atom. The first-order valence-corrected chi connectivity index (χ1v) is 6.40. The van der Waals surface area contributed by atoms with Crippen molar-refractivity contribution >= 4 is 11.9 Å². The van der Waals surface area contributed by atoms with Gasteiger partial charge in [0, 0.05) is 12.6 Å². The number of rotatable bonds is 5. The number of carbonyl (C=O) groups is 2. The van der Waals surface area contributed by atoms with Gasteiger partial charge in [-0.15, -0.1) is 0 Å². The van der Waals surface area contributed by atoms with Crippen LogP contribution in [0.4, 0.5) is 4.39 Å². The van der Waals surface area contributed by atoms with Crippen LogP contribution in [-0.4, -0.2) is 28.6 Å². The van der Waals surface area contributed by atoms with Crippen LogP contribution in [0.2, 0.25) is 0 Å². The zero-order chi connectivity index (χ0) is 14.8. The van der Waals surface area contributed by atoms with E-state index < -0.39 is 23.1 Å². The predicted octanol–water partition coefficient (Wildman–Crippen LogP) is 1.91. The van der Waals surface area contributed by atoms with Crippen LogP contribution < -0.4 is 5.32 Å². The third-order valence-electron chi connectivity index (χ3n) is 3.76. The highest BCUT2D eigenvalue weighted by Gasteiger charge is 2.39. The van der Waals surface area contributed by atoms with Crippen LogP contribution in [0.3, 0.4) is 0 Å². The van der Waals surface area contributed by atoms with Crippen molar-refractivity contribution in [1.29, 1.82) is 0 Å². The highest BCUT2D eigenvalue weighted by molar-refractivity contribution is 5.94. The first-order chi connectivity index (χ1) is 9.42. The molecule has 1 aromatic carbocycles. The minimum Gasteiger partial charge on any atom is -0.508 e. The van der Waals surface area contributed by atoms with E-state index in [1.807, 2.05) is 0 Å². The van der Waals surface area contributed by atoms with Gasteiger partial charge in [-0.05, 0) is 30.4 Å². The molecule has 1 aromatic rings. The van der Waals surface area contributed by atoms with Crippen molar-refractivity contribution in [1.82, 2.24) is 5.32 Å². The molecule has 0 radical (unpaired) electrons. The maximum absolute atomic E-state index is 13.5. The molecule has 0 unspecified atom stereocenters. The summed E-state index contributed by atoms with van der Waals surface area (Å²) in [6.45, 7) is 0.221. The van der Waals surface area contributed by atoms with Gasteiger partial charge in [-0.2, -0.15) is 0 Å².